The van der Waals surface area contributed by atoms with E-state index >= 15 is 0 Å². The Morgan fingerprint density at radius 3 is 2.62 bits per heavy atom. The molecule has 0 spiro atoms. The Morgan fingerprint density at radius 2 is 2.15 bits per heavy atom. The van der Waals surface area contributed by atoms with Crippen molar-refractivity contribution in [1.82, 2.24) is 0 Å². The molecule has 0 saturated heterocycles. The number of aryl methyl sites for hydroxylation is 1. The van der Waals surface area contributed by atoms with Crippen molar-refractivity contribution in [3.63, 3.8) is 0 Å². The van der Waals surface area contributed by atoms with Gasteiger partial charge >= 0.3 is 0 Å². The number of halogens is 1. The Morgan fingerprint density at radius 1 is 1.54 bits per heavy atom. The SMILES string of the molecule is COc1c(CO)cc(C)c(O)c1Br. The van der Waals surface area contributed by atoms with E-state index in [-0.39, 0.29) is 12.4 Å². The third kappa shape index (κ3) is 1.78. The number of rotatable bonds is 2. The summed E-state index contributed by atoms with van der Waals surface area (Å²) in [5.41, 5.74) is 1.36. The zero-order chi connectivity index (χ0) is 10.0. The summed E-state index contributed by atoms with van der Waals surface area (Å²) < 4.78 is 5.52. The Bertz CT molecular complexity index is 323. The lowest BCUT2D eigenvalue weighted by atomic mass is 10.1. The molecule has 72 valence electrons. The highest BCUT2D eigenvalue weighted by Crippen LogP contribution is 2.38. The van der Waals surface area contributed by atoms with Gasteiger partial charge in [-0.15, -0.1) is 0 Å². The third-order valence-corrected chi connectivity index (χ3v) is 2.57. The summed E-state index contributed by atoms with van der Waals surface area (Å²) in [5, 5.41) is 18.5. The highest BCUT2D eigenvalue weighted by Gasteiger charge is 2.13. The van der Waals surface area contributed by atoms with Gasteiger partial charge in [-0.1, -0.05) is 0 Å². The molecular formula is C9H11BrO3. The fraction of sp³-hybridized carbons (Fsp3) is 0.333. The normalized spacial score (nSPS) is 10.2. The monoisotopic (exact) mass is 246 g/mol. The predicted molar refractivity (Wildman–Crippen MR) is 53.0 cm³/mol. The molecule has 0 amide bonds. The van der Waals surface area contributed by atoms with Gasteiger partial charge in [0.05, 0.1) is 13.7 Å². The summed E-state index contributed by atoms with van der Waals surface area (Å²) in [6.45, 7) is 1.65. The number of aromatic hydroxyl groups is 1. The molecule has 1 aromatic rings. The quantitative estimate of drug-likeness (QED) is 0.839. The lowest BCUT2D eigenvalue weighted by Crippen LogP contribution is -1.94. The molecule has 0 unspecified atom stereocenters. The van der Waals surface area contributed by atoms with Gasteiger partial charge in [0.25, 0.3) is 0 Å². The van der Waals surface area contributed by atoms with Crippen molar-refractivity contribution >= 4 is 15.9 Å². The first-order valence-corrected chi connectivity index (χ1v) is 4.57. The minimum absolute atomic E-state index is 0.108. The molecule has 0 saturated carbocycles. The minimum atomic E-state index is -0.108. The first-order chi connectivity index (χ1) is 6.11. The molecule has 1 rings (SSSR count). The summed E-state index contributed by atoms with van der Waals surface area (Å²) in [4.78, 5) is 0. The zero-order valence-electron chi connectivity index (χ0n) is 7.47. The zero-order valence-corrected chi connectivity index (χ0v) is 9.05. The van der Waals surface area contributed by atoms with E-state index in [1.54, 1.807) is 13.0 Å². The van der Waals surface area contributed by atoms with Crippen LogP contribution in [0.4, 0.5) is 0 Å². The van der Waals surface area contributed by atoms with Crippen molar-refractivity contribution in [2.75, 3.05) is 7.11 Å². The molecule has 0 aromatic heterocycles. The van der Waals surface area contributed by atoms with Crippen molar-refractivity contribution in [3.05, 3.63) is 21.7 Å². The van der Waals surface area contributed by atoms with E-state index in [2.05, 4.69) is 15.9 Å². The van der Waals surface area contributed by atoms with Gasteiger partial charge < -0.3 is 14.9 Å². The molecule has 0 radical (unpaired) electrons. The molecule has 4 heteroatoms. The molecule has 3 nitrogen and oxygen atoms in total. The standard InChI is InChI=1S/C9H11BrO3/c1-5-3-6(4-11)9(13-2)7(10)8(5)12/h3,11-12H,4H2,1-2H3. The Hall–Kier alpha value is -0.740. The number of hydrogen-bond donors (Lipinski definition) is 2. The van der Waals surface area contributed by atoms with E-state index in [0.29, 0.717) is 21.3 Å². The van der Waals surface area contributed by atoms with E-state index < -0.39 is 0 Å². The van der Waals surface area contributed by atoms with Gasteiger partial charge in [-0.25, -0.2) is 0 Å². The van der Waals surface area contributed by atoms with Crippen LogP contribution in [0.3, 0.4) is 0 Å². The molecule has 0 aliphatic carbocycles. The third-order valence-electron chi connectivity index (χ3n) is 1.84. The molecule has 0 bridgehead atoms. The lowest BCUT2D eigenvalue weighted by molar-refractivity contribution is 0.273. The summed E-state index contributed by atoms with van der Waals surface area (Å²) >= 11 is 3.20. The fourth-order valence-corrected chi connectivity index (χ4v) is 1.88. The fourth-order valence-electron chi connectivity index (χ4n) is 1.16. The van der Waals surface area contributed by atoms with Crippen LogP contribution < -0.4 is 4.74 Å². The first kappa shape index (κ1) is 10.3. The number of methoxy groups -OCH3 is 1. The molecular weight excluding hydrogens is 236 g/mol. The number of phenols is 1. The molecule has 0 aliphatic rings. The second kappa shape index (κ2) is 3.98. The average Bonchev–Trinajstić information content (AvgIpc) is 2.13. The Balaban J connectivity index is 3.39. The van der Waals surface area contributed by atoms with Crippen molar-refractivity contribution < 1.29 is 14.9 Å². The van der Waals surface area contributed by atoms with Crippen LogP contribution in [0.5, 0.6) is 11.5 Å². The number of aliphatic hydroxyl groups is 1. The molecule has 0 fully saturated rings. The molecule has 1 aromatic carbocycles. The van der Waals surface area contributed by atoms with Crippen molar-refractivity contribution in [2.45, 2.75) is 13.5 Å². The van der Waals surface area contributed by atoms with E-state index in [4.69, 9.17) is 9.84 Å². The maximum atomic E-state index is 9.53. The van der Waals surface area contributed by atoms with Crippen LogP contribution >= 0.6 is 15.9 Å². The maximum absolute atomic E-state index is 9.53. The summed E-state index contributed by atoms with van der Waals surface area (Å²) in [7, 11) is 1.49. The Labute approximate surface area is 85.1 Å². The van der Waals surface area contributed by atoms with Gasteiger partial charge in [0.2, 0.25) is 0 Å². The van der Waals surface area contributed by atoms with Crippen LogP contribution in [0, 0.1) is 6.92 Å². The number of aliphatic hydroxyl groups excluding tert-OH is 1. The molecule has 0 aliphatic heterocycles. The van der Waals surface area contributed by atoms with Crippen LogP contribution in [0.2, 0.25) is 0 Å². The van der Waals surface area contributed by atoms with Gasteiger partial charge in [0, 0.05) is 5.56 Å². The lowest BCUT2D eigenvalue weighted by Gasteiger charge is -2.11. The number of ether oxygens (including phenoxy) is 1. The minimum Gasteiger partial charge on any atom is -0.506 e. The van der Waals surface area contributed by atoms with E-state index in [0.717, 1.165) is 0 Å². The van der Waals surface area contributed by atoms with Gasteiger partial charge in [-0.05, 0) is 34.5 Å². The highest BCUT2D eigenvalue weighted by molar-refractivity contribution is 9.10. The number of phenolic OH excluding ortho intramolecular Hbond substituents is 1. The smallest absolute Gasteiger partial charge is 0.142 e. The van der Waals surface area contributed by atoms with Crippen LogP contribution in [0.1, 0.15) is 11.1 Å². The van der Waals surface area contributed by atoms with E-state index in [1.165, 1.54) is 7.11 Å². The number of benzene rings is 1. The van der Waals surface area contributed by atoms with Crippen LogP contribution in [0.25, 0.3) is 0 Å². The average molecular weight is 247 g/mol. The van der Waals surface area contributed by atoms with Crippen molar-refractivity contribution in [1.29, 1.82) is 0 Å². The first-order valence-electron chi connectivity index (χ1n) is 3.77. The molecule has 0 atom stereocenters. The second-order valence-corrected chi connectivity index (χ2v) is 3.50. The van der Waals surface area contributed by atoms with Crippen molar-refractivity contribution in [3.8, 4) is 11.5 Å². The largest absolute Gasteiger partial charge is 0.506 e. The van der Waals surface area contributed by atoms with E-state index in [1.807, 2.05) is 0 Å². The van der Waals surface area contributed by atoms with Crippen molar-refractivity contribution in [2.24, 2.45) is 0 Å². The second-order valence-electron chi connectivity index (χ2n) is 2.71. The molecule has 0 heterocycles. The Kier molecular flexibility index (Phi) is 3.17. The highest BCUT2D eigenvalue weighted by atomic mass is 79.9. The van der Waals surface area contributed by atoms with Gasteiger partial charge in [-0.3, -0.25) is 0 Å². The van der Waals surface area contributed by atoms with Crippen LogP contribution in [0.15, 0.2) is 10.5 Å². The molecule has 2 N–H and O–H groups in total. The topological polar surface area (TPSA) is 49.7 Å². The van der Waals surface area contributed by atoms with E-state index in [9.17, 15) is 5.11 Å². The summed E-state index contributed by atoms with van der Waals surface area (Å²) in [5.74, 6) is 0.625. The molecule has 13 heavy (non-hydrogen) atoms. The van der Waals surface area contributed by atoms with Gasteiger partial charge in [-0.2, -0.15) is 0 Å². The predicted octanol–water partition coefficient (Wildman–Crippen LogP) is 1.96. The number of hydrogen-bond acceptors (Lipinski definition) is 3. The van der Waals surface area contributed by atoms with Gasteiger partial charge in [0.15, 0.2) is 0 Å². The maximum Gasteiger partial charge on any atom is 0.142 e. The summed E-state index contributed by atoms with van der Waals surface area (Å²) in [6, 6.07) is 1.69. The summed E-state index contributed by atoms with van der Waals surface area (Å²) in [6.07, 6.45) is 0. The van der Waals surface area contributed by atoms with Crippen LogP contribution in [-0.4, -0.2) is 17.3 Å². The van der Waals surface area contributed by atoms with Gasteiger partial charge in [0.1, 0.15) is 16.0 Å². The van der Waals surface area contributed by atoms with Crippen LogP contribution in [-0.2, 0) is 6.61 Å².